The molecule has 16 heavy (non-hydrogen) atoms. The van der Waals surface area contributed by atoms with Crippen molar-refractivity contribution in [2.24, 2.45) is 5.92 Å². The second-order valence-corrected chi connectivity index (χ2v) is 5.14. The van der Waals surface area contributed by atoms with Crippen LogP contribution >= 0.6 is 0 Å². The van der Waals surface area contributed by atoms with Crippen LogP contribution in [0.25, 0.3) is 0 Å². The van der Waals surface area contributed by atoms with E-state index in [1.807, 2.05) is 11.8 Å². The van der Waals surface area contributed by atoms with Gasteiger partial charge in [0, 0.05) is 13.2 Å². The van der Waals surface area contributed by atoms with Crippen molar-refractivity contribution in [2.45, 2.75) is 39.2 Å². The van der Waals surface area contributed by atoms with Crippen LogP contribution in [-0.2, 0) is 9.53 Å². The van der Waals surface area contributed by atoms with Crippen molar-refractivity contribution < 1.29 is 14.6 Å². The van der Waals surface area contributed by atoms with Crippen LogP contribution in [0.2, 0.25) is 0 Å². The third-order valence-corrected chi connectivity index (χ3v) is 3.21. The van der Waals surface area contributed by atoms with Gasteiger partial charge in [-0.15, -0.1) is 0 Å². The van der Waals surface area contributed by atoms with Crippen LogP contribution in [-0.4, -0.2) is 47.8 Å². The normalized spacial score (nSPS) is 26.5. The van der Waals surface area contributed by atoms with E-state index in [9.17, 15) is 9.90 Å². The summed E-state index contributed by atoms with van der Waals surface area (Å²) in [4.78, 5) is 13.2. The van der Waals surface area contributed by atoms with Crippen LogP contribution in [0.1, 0.15) is 33.6 Å². The SMILES string of the molecule is CC(C)COCCN1CCCC1(C)C(=O)O. The van der Waals surface area contributed by atoms with Gasteiger partial charge in [0.05, 0.1) is 6.61 Å². The average molecular weight is 229 g/mol. The van der Waals surface area contributed by atoms with Gasteiger partial charge >= 0.3 is 5.97 Å². The standard InChI is InChI=1S/C12H23NO3/c1-10(2)9-16-8-7-13-6-4-5-12(13,3)11(14)15/h10H,4-9H2,1-3H3,(H,14,15). The van der Waals surface area contributed by atoms with Crippen molar-refractivity contribution in [3.63, 3.8) is 0 Å². The zero-order valence-electron chi connectivity index (χ0n) is 10.5. The number of hydrogen-bond donors (Lipinski definition) is 1. The Morgan fingerprint density at radius 1 is 1.56 bits per heavy atom. The van der Waals surface area contributed by atoms with Crippen molar-refractivity contribution in [3.8, 4) is 0 Å². The Morgan fingerprint density at radius 2 is 2.25 bits per heavy atom. The molecule has 0 aromatic heterocycles. The van der Waals surface area contributed by atoms with Crippen LogP contribution in [0, 0.1) is 5.92 Å². The molecule has 1 fully saturated rings. The molecule has 0 bridgehead atoms. The number of likely N-dealkylation sites (tertiary alicyclic amines) is 1. The van der Waals surface area contributed by atoms with Crippen molar-refractivity contribution in [3.05, 3.63) is 0 Å². The fourth-order valence-corrected chi connectivity index (χ4v) is 2.11. The molecule has 1 aliphatic heterocycles. The number of carbonyl (C=O) groups is 1. The fraction of sp³-hybridized carbons (Fsp3) is 0.917. The molecule has 4 nitrogen and oxygen atoms in total. The molecule has 0 radical (unpaired) electrons. The number of aliphatic carboxylic acids is 1. The molecule has 0 saturated carbocycles. The Hall–Kier alpha value is -0.610. The first-order valence-corrected chi connectivity index (χ1v) is 6.03. The van der Waals surface area contributed by atoms with Gasteiger partial charge in [-0.2, -0.15) is 0 Å². The minimum Gasteiger partial charge on any atom is -0.480 e. The summed E-state index contributed by atoms with van der Waals surface area (Å²) < 4.78 is 5.50. The summed E-state index contributed by atoms with van der Waals surface area (Å²) in [5, 5.41) is 9.21. The monoisotopic (exact) mass is 229 g/mol. The smallest absolute Gasteiger partial charge is 0.323 e. The molecule has 1 atom stereocenters. The van der Waals surface area contributed by atoms with E-state index in [1.54, 1.807) is 0 Å². The Morgan fingerprint density at radius 3 is 2.81 bits per heavy atom. The van der Waals surface area contributed by atoms with Crippen molar-refractivity contribution in [1.29, 1.82) is 0 Å². The molecule has 1 saturated heterocycles. The quantitative estimate of drug-likeness (QED) is 0.703. The summed E-state index contributed by atoms with van der Waals surface area (Å²) in [6.45, 7) is 8.99. The van der Waals surface area contributed by atoms with Crippen molar-refractivity contribution >= 4 is 5.97 Å². The van der Waals surface area contributed by atoms with Gasteiger partial charge in [-0.3, -0.25) is 9.69 Å². The molecule has 1 heterocycles. The average Bonchev–Trinajstić information content (AvgIpc) is 2.56. The van der Waals surface area contributed by atoms with Gasteiger partial charge in [0.1, 0.15) is 5.54 Å². The number of carboxylic acids is 1. The third-order valence-electron chi connectivity index (χ3n) is 3.21. The molecule has 0 spiro atoms. The van der Waals surface area contributed by atoms with Gasteiger partial charge < -0.3 is 9.84 Å². The lowest BCUT2D eigenvalue weighted by molar-refractivity contribution is -0.149. The molecule has 0 amide bonds. The molecule has 1 rings (SSSR count). The van der Waals surface area contributed by atoms with Crippen molar-refractivity contribution in [1.82, 2.24) is 4.90 Å². The Bertz CT molecular complexity index is 242. The number of hydrogen-bond acceptors (Lipinski definition) is 3. The summed E-state index contributed by atoms with van der Waals surface area (Å²) in [7, 11) is 0. The first-order chi connectivity index (χ1) is 7.47. The van der Waals surface area contributed by atoms with Crippen LogP contribution in [0.15, 0.2) is 0 Å². The van der Waals surface area contributed by atoms with Gasteiger partial charge in [-0.25, -0.2) is 0 Å². The maximum atomic E-state index is 11.2. The molecular formula is C12H23NO3. The molecule has 1 N–H and O–H groups in total. The number of carboxylic acid groups (broad SMARTS) is 1. The van der Waals surface area contributed by atoms with Gasteiger partial charge in [0.15, 0.2) is 0 Å². The number of ether oxygens (including phenoxy) is 1. The molecular weight excluding hydrogens is 206 g/mol. The minimum absolute atomic E-state index is 0.532. The highest BCUT2D eigenvalue weighted by atomic mass is 16.5. The zero-order chi connectivity index (χ0) is 12.2. The first kappa shape index (κ1) is 13.5. The van der Waals surface area contributed by atoms with Crippen LogP contribution in [0.5, 0.6) is 0 Å². The highest BCUT2D eigenvalue weighted by Gasteiger charge is 2.42. The van der Waals surface area contributed by atoms with E-state index in [0.29, 0.717) is 12.5 Å². The predicted molar refractivity (Wildman–Crippen MR) is 62.5 cm³/mol. The summed E-state index contributed by atoms with van der Waals surface area (Å²) in [5.41, 5.74) is -0.679. The number of rotatable bonds is 6. The predicted octanol–water partition coefficient (Wildman–Crippen LogP) is 1.60. The summed E-state index contributed by atoms with van der Waals surface area (Å²) in [6, 6.07) is 0. The first-order valence-electron chi connectivity index (χ1n) is 6.03. The van der Waals surface area contributed by atoms with E-state index in [2.05, 4.69) is 13.8 Å². The highest BCUT2D eigenvalue weighted by Crippen LogP contribution is 2.28. The lowest BCUT2D eigenvalue weighted by Gasteiger charge is -2.30. The van der Waals surface area contributed by atoms with E-state index in [1.165, 1.54) is 0 Å². The van der Waals surface area contributed by atoms with Crippen molar-refractivity contribution in [2.75, 3.05) is 26.3 Å². The van der Waals surface area contributed by atoms with E-state index in [-0.39, 0.29) is 0 Å². The highest BCUT2D eigenvalue weighted by molar-refractivity contribution is 5.78. The van der Waals surface area contributed by atoms with E-state index < -0.39 is 11.5 Å². The molecule has 0 aromatic carbocycles. The maximum Gasteiger partial charge on any atom is 0.323 e. The Kier molecular flexibility index (Phi) is 4.74. The lowest BCUT2D eigenvalue weighted by Crippen LogP contribution is -2.49. The van der Waals surface area contributed by atoms with E-state index in [0.717, 1.165) is 32.5 Å². The Labute approximate surface area is 97.6 Å². The molecule has 4 heteroatoms. The van der Waals surface area contributed by atoms with Crippen LogP contribution in [0.3, 0.4) is 0 Å². The zero-order valence-corrected chi connectivity index (χ0v) is 10.5. The largest absolute Gasteiger partial charge is 0.480 e. The summed E-state index contributed by atoms with van der Waals surface area (Å²) in [6.07, 6.45) is 1.71. The number of nitrogens with zero attached hydrogens (tertiary/aromatic N) is 1. The summed E-state index contributed by atoms with van der Waals surface area (Å²) in [5.74, 6) is -0.182. The lowest BCUT2D eigenvalue weighted by atomic mass is 9.99. The minimum atomic E-state index is -0.714. The molecule has 0 aromatic rings. The molecule has 94 valence electrons. The third kappa shape index (κ3) is 3.19. The van der Waals surface area contributed by atoms with Crippen LogP contribution < -0.4 is 0 Å². The van der Waals surface area contributed by atoms with Gasteiger partial charge in [0.2, 0.25) is 0 Å². The molecule has 0 aliphatic carbocycles. The second kappa shape index (κ2) is 5.64. The van der Waals surface area contributed by atoms with Crippen LogP contribution in [0.4, 0.5) is 0 Å². The van der Waals surface area contributed by atoms with E-state index >= 15 is 0 Å². The van der Waals surface area contributed by atoms with Gasteiger partial charge in [-0.05, 0) is 32.2 Å². The molecule has 1 unspecified atom stereocenters. The van der Waals surface area contributed by atoms with E-state index in [4.69, 9.17) is 4.74 Å². The maximum absolute atomic E-state index is 11.2. The van der Waals surface area contributed by atoms with Gasteiger partial charge in [-0.1, -0.05) is 13.8 Å². The fourth-order valence-electron chi connectivity index (χ4n) is 2.11. The molecule has 1 aliphatic rings. The topological polar surface area (TPSA) is 49.8 Å². The summed E-state index contributed by atoms with van der Waals surface area (Å²) >= 11 is 0. The Balaban J connectivity index is 2.33. The second-order valence-electron chi connectivity index (χ2n) is 5.14. The van der Waals surface area contributed by atoms with Gasteiger partial charge in [0.25, 0.3) is 0 Å².